The van der Waals surface area contributed by atoms with Crippen LogP contribution in [0.15, 0.2) is 218 Å². The zero-order valence-electron chi connectivity index (χ0n) is 31.6. The molecule has 0 unspecified atom stereocenters. The normalized spacial score (nSPS) is 11.8. The molecule has 3 aromatic heterocycles. The Kier molecular flexibility index (Phi) is 7.20. The van der Waals surface area contributed by atoms with E-state index in [1.807, 2.05) is 0 Å². The minimum atomic E-state index is 1.09. The van der Waals surface area contributed by atoms with E-state index in [9.17, 15) is 0 Å². The molecule has 272 valence electrons. The molecule has 4 nitrogen and oxygen atoms in total. The van der Waals surface area contributed by atoms with Crippen molar-refractivity contribution < 1.29 is 0 Å². The number of rotatable bonds is 6. The van der Waals surface area contributed by atoms with Gasteiger partial charge in [-0.25, -0.2) is 0 Å². The average Bonchev–Trinajstić information content (AvgIpc) is 3.93. The largest absolute Gasteiger partial charge is 0.310 e. The van der Waals surface area contributed by atoms with Gasteiger partial charge >= 0.3 is 0 Å². The summed E-state index contributed by atoms with van der Waals surface area (Å²) < 4.78 is 7.14. The molecule has 0 saturated heterocycles. The van der Waals surface area contributed by atoms with Crippen LogP contribution in [0.3, 0.4) is 0 Å². The number of hydrogen-bond acceptors (Lipinski definition) is 1. The Morgan fingerprint density at radius 1 is 0.224 bits per heavy atom. The van der Waals surface area contributed by atoms with E-state index in [-0.39, 0.29) is 0 Å². The number of aromatic nitrogens is 3. The SMILES string of the molecule is c1ccc(-n2c3ccccc3c3cc(N(c4ccc(-n5c6ccccc6c6ccccc65)cc4)c4ccc5c(c4)c4ccccc4n5-c4ccccc4)ccc32)cc1. The molecule has 12 aromatic rings. The summed E-state index contributed by atoms with van der Waals surface area (Å²) in [5, 5.41) is 7.40. The van der Waals surface area contributed by atoms with Gasteiger partial charge in [0.15, 0.2) is 0 Å². The maximum Gasteiger partial charge on any atom is 0.0542 e. The van der Waals surface area contributed by atoms with Gasteiger partial charge in [-0.3, -0.25) is 0 Å². The van der Waals surface area contributed by atoms with Gasteiger partial charge in [-0.05, 0) is 109 Å². The molecule has 4 heteroatoms. The molecule has 0 spiro atoms. The maximum atomic E-state index is 2.41. The van der Waals surface area contributed by atoms with Gasteiger partial charge in [0, 0.05) is 66.4 Å². The van der Waals surface area contributed by atoms with Crippen LogP contribution in [0.2, 0.25) is 0 Å². The second-order valence-electron chi connectivity index (χ2n) is 15.0. The Balaban J connectivity index is 1.08. The van der Waals surface area contributed by atoms with Crippen molar-refractivity contribution in [1.29, 1.82) is 0 Å². The smallest absolute Gasteiger partial charge is 0.0542 e. The molecule has 0 fully saturated rings. The highest BCUT2D eigenvalue weighted by Crippen LogP contribution is 2.43. The lowest BCUT2D eigenvalue weighted by molar-refractivity contribution is 1.17. The van der Waals surface area contributed by atoms with Crippen molar-refractivity contribution in [2.75, 3.05) is 4.90 Å². The number of benzene rings is 9. The van der Waals surface area contributed by atoms with Gasteiger partial charge in [0.1, 0.15) is 0 Å². The van der Waals surface area contributed by atoms with Gasteiger partial charge in [0.05, 0.1) is 33.1 Å². The van der Waals surface area contributed by atoms with E-state index in [1.54, 1.807) is 0 Å². The molecular weight excluding hydrogens is 705 g/mol. The highest BCUT2D eigenvalue weighted by Gasteiger charge is 2.20. The van der Waals surface area contributed by atoms with Crippen molar-refractivity contribution in [3.63, 3.8) is 0 Å². The molecule has 0 N–H and O–H groups in total. The predicted octanol–water partition coefficient (Wildman–Crippen LogP) is 14.4. The van der Waals surface area contributed by atoms with E-state index in [1.165, 1.54) is 65.4 Å². The van der Waals surface area contributed by atoms with E-state index in [0.29, 0.717) is 0 Å². The summed E-state index contributed by atoms with van der Waals surface area (Å²) in [6, 6.07) is 79.2. The summed E-state index contributed by atoms with van der Waals surface area (Å²) in [5.41, 5.74) is 13.9. The number of nitrogens with zero attached hydrogens (tertiary/aromatic N) is 4. The van der Waals surface area contributed by atoms with E-state index in [2.05, 4.69) is 237 Å². The van der Waals surface area contributed by atoms with E-state index >= 15 is 0 Å². The molecule has 0 amide bonds. The van der Waals surface area contributed by atoms with Crippen LogP contribution in [-0.2, 0) is 0 Å². The average molecular weight is 741 g/mol. The van der Waals surface area contributed by atoms with Crippen LogP contribution < -0.4 is 4.90 Å². The zero-order valence-corrected chi connectivity index (χ0v) is 31.6. The van der Waals surface area contributed by atoms with Gasteiger partial charge in [-0.1, -0.05) is 109 Å². The van der Waals surface area contributed by atoms with Crippen molar-refractivity contribution in [3.05, 3.63) is 218 Å². The summed E-state index contributed by atoms with van der Waals surface area (Å²) in [6.07, 6.45) is 0. The highest BCUT2D eigenvalue weighted by atomic mass is 15.1. The third kappa shape index (κ3) is 4.88. The molecule has 0 atom stereocenters. The first-order valence-electron chi connectivity index (χ1n) is 19.9. The Bertz CT molecular complexity index is 3290. The topological polar surface area (TPSA) is 18.0 Å². The Morgan fingerprint density at radius 2 is 0.517 bits per heavy atom. The molecule has 58 heavy (non-hydrogen) atoms. The van der Waals surface area contributed by atoms with E-state index < -0.39 is 0 Å². The van der Waals surface area contributed by atoms with Crippen molar-refractivity contribution >= 4 is 82.5 Å². The molecular formula is C54H36N4. The lowest BCUT2D eigenvalue weighted by Gasteiger charge is -2.26. The lowest BCUT2D eigenvalue weighted by Crippen LogP contribution is -2.10. The first-order valence-corrected chi connectivity index (χ1v) is 19.9. The van der Waals surface area contributed by atoms with Crippen LogP contribution in [0.5, 0.6) is 0 Å². The fraction of sp³-hybridized carbons (Fsp3) is 0. The summed E-state index contributed by atoms with van der Waals surface area (Å²) >= 11 is 0. The van der Waals surface area contributed by atoms with Gasteiger partial charge in [-0.2, -0.15) is 0 Å². The molecule has 0 bridgehead atoms. The van der Waals surface area contributed by atoms with Gasteiger partial charge in [-0.15, -0.1) is 0 Å². The summed E-state index contributed by atoms with van der Waals surface area (Å²) in [6.45, 7) is 0. The molecule has 0 aliphatic heterocycles. The van der Waals surface area contributed by atoms with E-state index in [4.69, 9.17) is 0 Å². The third-order valence-electron chi connectivity index (χ3n) is 11.8. The van der Waals surface area contributed by atoms with Crippen LogP contribution >= 0.6 is 0 Å². The summed E-state index contributed by atoms with van der Waals surface area (Å²) in [7, 11) is 0. The Hall–Kier alpha value is -7.82. The number of anilines is 3. The molecule has 0 aliphatic carbocycles. The quantitative estimate of drug-likeness (QED) is 0.166. The molecule has 3 heterocycles. The lowest BCUT2D eigenvalue weighted by atomic mass is 10.1. The minimum Gasteiger partial charge on any atom is -0.310 e. The summed E-state index contributed by atoms with van der Waals surface area (Å²) in [4.78, 5) is 2.41. The van der Waals surface area contributed by atoms with Gasteiger partial charge in [0.2, 0.25) is 0 Å². The molecule has 0 radical (unpaired) electrons. The van der Waals surface area contributed by atoms with Crippen LogP contribution in [0.4, 0.5) is 17.1 Å². The van der Waals surface area contributed by atoms with Crippen molar-refractivity contribution in [1.82, 2.24) is 13.7 Å². The van der Waals surface area contributed by atoms with Crippen LogP contribution in [0.1, 0.15) is 0 Å². The number of fused-ring (bicyclic) bond motifs is 9. The Labute approximate surface area is 335 Å². The maximum absolute atomic E-state index is 2.41. The predicted molar refractivity (Wildman–Crippen MR) is 244 cm³/mol. The van der Waals surface area contributed by atoms with Gasteiger partial charge < -0.3 is 18.6 Å². The zero-order chi connectivity index (χ0) is 38.2. The molecule has 12 rings (SSSR count). The number of hydrogen-bond donors (Lipinski definition) is 0. The van der Waals surface area contributed by atoms with Crippen LogP contribution in [0, 0.1) is 0 Å². The number of para-hydroxylation sites is 6. The molecule has 9 aromatic carbocycles. The van der Waals surface area contributed by atoms with Crippen LogP contribution in [0.25, 0.3) is 82.5 Å². The fourth-order valence-electron chi connectivity index (χ4n) is 9.31. The first kappa shape index (κ1) is 32.4. The fourth-order valence-corrected chi connectivity index (χ4v) is 9.31. The minimum absolute atomic E-state index is 1.09. The van der Waals surface area contributed by atoms with Crippen molar-refractivity contribution in [3.8, 4) is 17.1 Å². The molecule has 0 saturated carbocycles. The van der Waals surface area contributed by atoms with Gasteiger partial charge in [0.25, 0.3) is 0 Å². The second-order valence-corrected chi connectivity index (χ2v) is 15.0. The third-order valence-corrected chi connectivity index (χ3v) is 11.8. The first-order chi connectivity index (χ1) is 28.8. The van der Waals surface area contributed by atoms with E-state index in [0.717, 1.165) is 34.1 Å². The second kappa shape index (κ2) is 12.9. The standard InChI is InChI=1S/C54H36N4/c1-3-15-37(16-4-1)56-51-25-13-9-21-45(51)47-35-41(31-33-53(47)56)55(39-27-29-40(30-28-39)58-49-23-11-7-19-43(49)44-20-8-12-24-50(44)58)42-32-34-54-48(36-42)46-22-10-14-26-52(46)57(54)38-17-5-2-6-18-38/h1-36H. The monoisotopic (exact) mass is 740 g/mol. The Morgan fingerprint density at radius 3 is 0.914 bits per heavy atom. The highest BCUT2D eigenvalue weighted by molar-refractivity contribution is 6.13. The molecule has 0 aliphatic rings. The summed E-state index contributed by atoms with van der Waals surface area (Å²) in [5.74, 6) is 0. The van der Waals surface area contributed by atoms with Crippen molar-refractivity contribution in [2.45, 2.75) is 0 Å². The van der Waals surface area contributed by atoms with Crippen molar-refractivity contribution in [2.24, 2.45) is 0 Å². The van der Waals surface area contributed by atoms with Crippen LogP contribution in [-0.4, -0.2) is 13.7 Å².